The number of nitrogens with one attached hydrogen (secondary N) is 1. The molecule has 0 atom stereocenters. The van der Waals surface area contributed by atoms with Gasteiger partial charge in [-0.2, -0.15) is 0 Å². The van der Waals surface area contributed by atoms with Gasteiger partial charge < -0.3 is 5.32 Å². The fraction of sp³-hybridized carbons (Fsp3) is 0.500. The molecule has 0 aliphatic rings. The number of carbonyl (C=O) groups excluding carboxylic acids is 1. The van der Waals surface area contributed by atoms with E-state index in [1.54, 1.807) is 0 Å². The summed E-state index contributed by atoms with van der Waals surface area (Å²) in [5.74, 6) is 0. The number of nitrogens with zero attached hydrogens (tertiary/aromatic N) is 1. The van der Waals surface area contributed by atoms with Gasteiger partial charge in [-0.15, -0.1) is 11.3 Å². The van der Waals surface area contributed by atoms with Crippen molar-refractivity contribution >= 4 is 22.8 Å². The molecule has 0 bridgehead atoms. The molecular formula is C8H12N2OS. The van der Waals surface area contributed by atoms with Crippen molar-refractivity contribution in [3.63, 3.8) is 0 Å². The molecule has 1 heterocycles. The summed E-state index contributed by atoms with van der Waals surface area (Å²) in [4.78, 5) is 15.5. The summed E-state index contributed by atoms with van der Waals surface area (Å²) in [5, 5.41) is 3.97. The van der Waals surface area contributed by atoms with Crippen molar-refractivity contribution in [1.82, 2.24) is 4.98 Å². The fourth-order valence-electron chi connectivity index (χ4n) is 0.826. The van der Waals surface area contributed by atoms with Gasteiger partial charge in [0.1, 0.15) is 5.69 Å². The first-order valence-corrected chi connectivity index (χ1v) is 4.64. The highest BCUT2D eigenvalue weighted by Crippen LogP contribution is 2.21. The van der Waals surface area contributed by atoms with Crippen LogP contribution in [0.1, 0.15) is 29.2 Å². The van der Waals surface area contributed by atoms with Crippen molar-refractivity contribution in [2.45, 2.75) is 26.8 Å². The third-order valence-corrected chi connectivity index (χ3v) is 2.27. The van der Waals surface area contributed by atoms with Crippen molar-refractivity contribution in [3.8, 4) is 0 Å². The molecule has 0 fully saturated rings. The van der Waals surface area contributed by atoms with Gasteiger partial charge in [0.25, 0.3) is 0 Å². The largest absolute Gasteiger partial charge is 0.359 e. The second kappa shape index (κ2) is 3.67. The number of aromatic nitrogens is 1. The number of aryl methyl sites for hydroxylation is 1. The molecule has 0 saturated carbocycles. The average Bonchev–Trinajstić information content (AvgIpc) is 2.29. The maximum atomic E-state index is 10.4. The highest BCUT2D eigenvalue weighted by Gasteiger charge is 2.06. The first-order valence-electron chi connectivity index (χ1n) is 3.82. The molecule has 0 aromatic carbocycles. The van der Waals surface area contributed by atoms with E-state index in [2.05, 4.69) is 10.3 Å². The Hall–Kier alpha value is -0.900. The number of hydrogen-bond acceptors (Lipinski definition) is 4. The predicted octanol–water partition coefficient (Wildman–Crippen LogP) is 2.08. The Morgan fingerprint density at radius 1 is 1.58 bits per heavy atom. The summed E-state index contributed by atoms with van der Waals surface area (Å²) in [5.41, 5.74) is 0.545. The smallest absolute Gasteiger partial charge is 0.183 e. The van der Waals surface area contributed by atoms with Gasteiger partial charge >= 0.3 is 0 Å². The lowest BCUT2D eigenvalue weighted by Crippen LogP contribution is -2.09. The summed E-state index contributed by atoms with van der Waals surface area (Å²) in [6.07, 6.45) is 0.789. The lowest BCUT2D eigenvalue weighted by atomic mass is 10.4. The molecule has 0 aliphatic heterocycles. The number of rotatable bonds is 3. The van der Waals surface area contributed by atoms with Gasteiger partial charge in [-0.1, -0.05) is 0 Å². The first-order chi connectivity index (χ1) is 5.63. The Morgan fingerprint density at radius 2 is 2.25 bits per heavy atom. The van der Waals surface area contributed by atoms with Crippen LogP contribution in [0.15, 0.2) is 0 Å². The Morgan fingerprint density at radius 3 is 2.67 bits per heavy atom. The van der Waals surface area contributed by atoms with E-state index in [-0.39, 0.29) is 0 Å². The van der Waals surface area contributed by atoms with Gasteiger partial charge in [0, 0.05) is 10.9 Å². The molecule has 1 aromatic heterocycles. The zero-order valence-corrected chi connectivity index (χ0v) is 8.23. The lowest BCUT2D eigenvalue weighted by Gasteiger charge is -2.03. The van der Waals surface area contributed by atoms with Crippen molar-refractivity contribution in [2.75, 3.05) is 5.32 Å². The Balaban J connectivity index is 2.82. The van der Waals surface area contributed by atoms with Crippen molar-refractivity contribution in [3.05, 3.63) is 10.6 Å². The molecule has 0 spiro atoms. The first kappa shape index (κ1) is 9.19. The maximum Gasteiger partial charge on any atom is 0.183 e. The van der Waals surface area contributed by atoms with E-state index in [0.29, 0.717) is 11.7 Å². The average molecular weight is 184 g/mol. The van der Waals surface area contributed by atoms with Crippen LogP contribution in [0.4, 0.5) is 5.13 Å². The number of anilines is 1. The van der Waals surface area contributed by atoms with Crippen LogP contribution in [0.3, 0.4) is 0 Å². The molecule has 4 heteroatoms. The van der Waals surface area contributed by atoms with E-state index in [4.69, 9.17) is 0 Å². The van der Waals surface area contributed by atoms with Crippen LogP contribution in [-0.2, 0) is 0 Å². The minimum atomic E-state index is 0.357. The minimum absolute atomic E-state index is 0.357. The normalized spacial score (nSPS) is 10.3. The van der Waals surface area contributed by atoms with Crippen molar-refractivity contribution in [1.29, 1.82) is 0 Å². The highest BCUT2D eigenvalue weighted by molar-refractivity contribution is 7.15. The van der Waals surface area contributed by atoms with E-state index >= 15 is 0 Å². The molecule has 0 radical (unpaired) electrons. The van der Waals surface area contributed by atoms with E-state index in [1.807, 2.05) is 20.8 Å². The monoisotopic (exact) mass is 184 g/mol. The van der Waals surface area contributed by atoms with Crippen LogP contribution in [0.2, 0.25) is 0 Å². The Labute approximate surface area is 75.8 Å². The van der Waals surface area contributed by atoms with Gasteiger partial charge in [-0.05, 0) is 20.8 Å². The van der Waals surface area contributed by atoms with E-state index < -0.39 is 0 Å². The van der Waals surface area contributed by atoms with Crippen LogP contribution in [-0.4, -0.2) is 17.3 Å². The zero-order valence-electron chi connectivity index (χ0n) is 7.42. The summed E-state index contributed by atoms with van der Waals surface area (Å²) in [7, 11) is 0. The molecule has 0 aliphatic carbocycles. The summed E-state index contributed by atoms with van der Waals surface area (Å²) in [6.45, 7) is 5.97. The molecule has 1 aromatic rings. The van der Waals surface area contributed by atoms with E-state index in [9.17, 15) is 4.79 Å². The Bertz CT molecular complexity index is 281. The number of hydrogen-bond donors (Lipinski definition) is 1. The topological polar surface area (TPSA) is 42.0 Å². The molecule has 0 amide bonds. The number of aldehydes is 1. The van der Waals surface area contributed by atoms with Crippen LogP contribution < -0.4 is 5.32 Å². The van der Waals surface area contributed by atoms with Crippen molar-refractivity contribution in [2.24, 2.45) is 0 Å². The van der Waals surface area contributed by atoms with Crippen LogP contribution >= 0.6 is 11.3 Å². The van der Waals surface area contributed by atoms with Gasteiger partial charge in [0.2, 0.25) is 0 Å². The summed E-state index contributed by atoms with van der Waals surface area (Å²) < 4.78 is 0. The molecule has 0 unspecified atom stereocenters. The van der Waals surface area contributed by atoms with Gasteiger partial charge in [0.15, 0.2) is 11.4 Å². The van der Waals surface area contributed by atoms with Crippen LogP contribution in [0, 0.1) is 6.92 Å². The fourth-order valence-corrected chi connectivity index (χ4v) is 1.75. The zero-order chi connectivity index (χ0) is 9.14. The second-order valence-corrected chi connectivity index (χ2v) is 4.08. The summed E-state index contributed by atoms with van der Waals surface area (Å²) >= 11 is 1.51. The minimum Gasteiger partial charge on any atom is -0.359 e. The standard InChI is InChI=1S/C8H12N2OS/c1-5(2)9-8-10-7(4-11)6(3)12-8/h4-5H,1-3H3,(H,9,10). The highest BCUT2D eigenvalue weighted by atomic mass is 32.1. The lowest BCUT2D eigenvalue weighted by molar-refractivity contribution is 0.111. The van der Waals surface area contributed by atoms with E-state index in [0.717, 1.165) is 16.3 Å². The maximum absolute atomic E-state index is 10.4. The number of thiazole rings is 1. The van der Waals surface area contributed by atoms with Gasteiger partial charge in [-0.25, -0.2) is 4.98 Å². The molecule has 12 heavy (non-hydrogen) atoms. The van der Waals surface area contributed by atoms with Gasteiger partial charge in [-0.3, -0.25) is 4.79 Å². The van der Waals surface area contributed by atoms with Crippen LogP contribution in [0.5, 0.6) is 0 Å². The quantitative estimate of drug-likeness (QED) is 0.731. The van der Waals surface area contributed by atoms with Crippen LogP contribution in [0.25, 0.3) is 0 Å². The molecule has 3 nitrogen and oxygen atoms in total. The predicted molar refractivity (Wildman–Crippen MR) is 51.0 cm³/mol. The van der Waals surface area contributed by atoms with E-state index in [1.165, 1.54) is 11.3 Å². The third kappa shape index (κ3) is 2.04. The number of carbonyl (C=O) groups is 1. The van der Waals surface area contributed by atoms with Gasteiger partial charge in [0.05, 0.1) is 0 Å². The molecule has 0 saturated heterocycles. The third-order valence-electron chi connectivity index (χ3n) is 1.36. The molecule has 1 rings (SSSR count). The summed E-state index contributed by atoms with van der Waals surface area (Å²) in [6, 6.07) is 0.357. The molecular weight excluding hydrogens is 172 g/mol. The second-order valence-electron chi connectivity index (χ2n) is 2.88. The Kier molecular flexibility index (Phi) is 2.81. The SMILES string of the molecule is Cc1sc(NC(C)C)nc1C=O. The van der Waals surface area contributed by atoms with Crippen molar-refractivity contribution < 1.29 is 4.79 Å². The molecule has 66 valence electrons. The molecule has 1 N–H and O–H groups in total.